The van der Waals surface area contributed by atoms with Gasteiger partial charge in [-0.05, 0) is 46.5 Å². The van der Waals surface area contributed by atoms with Gasteiger partial charge in [0.1, 0.15) is 12.7 Å². The lowest BCUT2D eigenvalue weighted by atomic mass is 10.2. The summed E-state index contributed by atoms with van der Waals surface area (Å²) >= 11 is 0. The highest BCUT2D eigenvalue weighted by Gasteiger charge is 2.20. The molecule has 0 aromatic heterocycles. The molecular weight excluding hydrogens is 180 g/mol. The van der Waals surface area contributed by atoms with Crippen LogP contribution >= 0.6 is 0 Å². The second kappa shape index (κ2) is 4.78. The lowest BCUT2D eigenvalue weighted by Gasteiger charge is -2.19. The minimum Gasteiger partial charge on any atom is -0.461 e. The fraction of sp³-hybridized carbons (Fsp3) is 0.909. The van der Waals surface area contributed by atoms with Crippen molar-refractivity contribution >= 4 is 5.97 Å². The first-order chi connectivity index (χ1) is 6.47. The van der Waals surface area contributed by atoms with Gasteiger partial charge in [-0.1, -0.05) is 0 Å². The number of carbonyl (C=O) groups is 1. The van der Waals surface area contributed by atoms with E-state index < -0.39 is 0 Å². The molecule has 0 amide bonds. The first-order valence-corrected chi connectivity index (χ1v) is 5.31. The molecule has 3 heteroatoms. The van der Waals surface area contributed by atoms with E-state index in [2.05, 4.69) is 0 Å². The Morgan fingerprint density at radius 3 is 2.36 bits per heavy atom. The van der Waals surface area contributed by atoms with Crippen LogP contribution in [0.15, 0.2) is 0 Å². The monoisotopic (exact) mass is 200 g/mol. The average Bonchev–Trinajstić information content (AvgIpc) is 2.52. The minimum atomic E-state index is -0.269. The summed E-state index contributed by atoms with van der Waals surface area (Å²) in [4.78, 5) is 11.3. The molecule has 0 aromatic rings. The molecule has 0 spiro atoms. The van der Waals surface area contributed by atoms with E-state index in [0.29, 0.717) is 0 Å². The van der Waals surface area contributed by atoms with E-state index >= 15 is 0 Å². The van der Waals surface area contributed by atoms with Gasteiger partial charge < -0.3 is 9.47 Å². The van der Waals surface area contributed by atoms with E-state index in [-0.39, 0.29) is 24.3 Å². The molecule has 0 unspecified atom stereocenters. The molecule has 0 radical (unpaired) electrons. The zero-order chi connectivity index (χ0) is 10.6. The van der Waals surface area contributed by atoms with Crippen LogP contribution in [0.5, 0.6) is 0 Å². The largest absolute Gasteiger partial charge is 0.461 e. The normalized spacial score (nSPS) is 18.5. The third kappa shape index (κ3) is 4.61. The summed E-state index contributed by atoms with van der Waals surface area (Å²) < 4.78 is 10.6. The van der Waals surface area contributed by atoms with Crippen molar-refractivity contribution in [2.45, 2.75) is 58.2 Å². The molecule has 0 bridgehead atoms. The zero-order valence-corrected chi connectivity index (χ0v) is 9.34. The highest BCUT2D eigenvalue weighted by Crippen LogP contribution is 2.21. The van der Waals surface area contributed by atoms with Crippen molar-refractivity contribution in [1.82, 2.24) is 0 Å². The Morgan fingerprint density at radius 2 is 1.86 bits per heavy atom. The van der Waals surface area contributed by atoms with Crippen molar-refractivity contribution in [2.75, 3.05) is 6.61 Å². The Morgan fingerprint density at radius 1 is 1.29 bits per heavy atom. The van der Waals surface area contributed by atoms with Gasteiger partial charge in [-0.2, -0.15) is 0 Å². The maximum absolute atomic E-state index is 11.3. The molecule has 0 atom stereocenters. The SMILES string of the molecule is CC(C)(C)OCC(=O)OC1CCCC1. The third-order valence-corrected chi connectivity index (χ3v) is 2.22. The molecule has 0 saturated heterocycles. The quantitative estimate of drug-likeness (QED) is 0.656. The van der Waals surface area contributed by atoms with Crippen LogP contribution in [0.1, 0.15) is 46.5 Å². The molecule has 1 aliphatic rings. The smallest absolute Gasteiger partial charge is 0.332 e. The second-order valence-electron chi connectivity index (χ2n) is 4.80. The molecule has 0 N–H and O–H groups in total. The molecule has 1 rings (SSSR count). The maximum atomic E-state index is 11.3. The van der Waals surface area contributed by atoms with Crippen LogP contribution in [0.3, 0.4) is 0 Å². The molecule has 1 saturated carbocycles. The van der Waals surface area contributed by atoms with Gasteiger partial charge in [0.2, 0.25) is 0 Å². The van der Waals surface area contributed by atoms with E-state index in [1.165, 1.54) is 12.8 Å². The molecule has 0 heterocycles. The van der Waals surface area contributed by atoms with Crippen LogP contribution in [-0.2, 0) is 14.3 Å². The van der Waals surface area contributed by atoms with E-state index in [0.717, 1.165) is 12.8 Å². The molecule has 82 valence electrons. The lowest BCUT2D eigenvalue weighted by molar-refractivity contribution is -0.158. The van der Waals surface area contributed by atoms with Crippen molar-refractivity contribution in [2.24, 2.45) is 0 Å². The van der Waals surface area contributed by atoms with Crippen molar-refractivity contribution in [3.05, 3.63) is 0 Å². The van der Waals surface area contributed by atoms with Gasteiger partial charge >= 0.3 is 5.97 Å². The number of ether oxygens (including phenoxy) is 2. The average molecular weight is 200 g/mol. The summed E-state index contributed by atoms with van der Waals surface area (Å²) in [5.41, 5.74) is -0.269. The summed E-state index contributed by atoms with van der Waals surface area (Å²) in [6.45, 7) is 5.85. The summed E-state index contributed by atoms with van der Waals surface area (Å²) in [7, 11) is 0. The van der Waals surface area contributed by atoms with Crippen molar-refractivity contribution in [3.63, 3.8) is 0 Å². The lowest BCUT2D eigenvalue weighted by Crippen LogP contribution is -2.26. The molecule has 1 aliphatic carbocycles. The van der Waals surface area contributed by atoms with Crippen LogP contribution in [0.25, 0.3) is 0 Å². The summed E-state index contributed by atoms with van der Waals surface area (Å²) in [5.74, 6) is -0.230. The second-order valence-corrected chi connectivity index (χ2v) is 4.80. The van der Waals surface area contributed by atoms with Gasteiger partial charge in [0, 0.05) is 0 Å². The van der Waals surface area contributed by atoms with E-state index in [1.54, 1.807) is 0 Å². The van der Waals surface area contributed by atoms with Crippen LogP contribution < -0.4 is 0 Å². The maximum Gasteiger partial charge on any atom is 0.332 e. The van der Waals surface area contributed by atoms with Gasteiger partial charge in [0.25, 0.3) is 0 Å². The van der Waals surface area contributed by atoms with Crippen molar-refractivity contribution < 1.29 is 14.3 Å². The van der Waals surface area contributed by atoms with Crippen LogP contribution in [0, 0.1) is 0 Å². The van der Waals surface area contributed by atoms with Crippen molar-refractivity contribution in [1.29, 1.82) is 0 Å². The van der Waals surface area contributed by atoms with Gasteiger partial charge in [0.05, 0.1) is 5.60 Å². The standard InChI is InChI=1S/C11H20O3/c1-11(2,3)13-8-10(12)14-9-6-4-5-7-9/h9H,4-8H2,1-3H3. The van der Waals surface area contributed by atoms with E-state index in [4.69, 9.17) is 9.47 Å². The van der Waals surface area contributed by atoms with Gasteiger partial charge in [-0.25, -0.2) is 4.79 Å². The van der Waals surface area contributed by atoms with Gasteiger partial charge in [0.15, 0.2) is 0 Å². The fourth-order valence-electron chi connectivity index (χ4n) is 1.50. The fourth-order valence-corrected chi connectivity index (χ4v) is 1.50. The van der Waals surface area contributed by atoms with Gasteiger partial charge in [-0.3, -0.25) is 0 Å². The predicted molar refractivity (Wildman–Crippen MR) is 54.1 cm³/mol. The van der Waals surface area contributed by atoms with E-state index in [1.807, 2.05) is 20.8 Å². The Kier molecular flexibility index (Phi) is 3.93. The molecule has 0 aliphatic heterocycles. The van der Waals surface area contributed by atoms with Gasteiger partial charge in [-0.15, -0.1) is 0 Å². The Balaban J connectivity index is 2.15. The number of carbonyl (C=O) groups excluding carboxylic acids is 1. The Bertz CT molecular complexity index is 187. The molecular formula is C11H20O3. The third-order valence-electron chi connectivity index (χ3n) is 2.22. The van der Waals surface area contributed by atoms with Crippen LogP contribution in [0.2, 0.25) is 0 Å². The topological polar surface area (TPSA) is 35.5 Å². The molecule has 14 heavy (non-hydrogen) atoms. The Labute approximate surface area is 85.8 Å². The minimum absolute atomic E-state index is 0.0694. The van der Waals surface area contributed by atoms with Crippen LogP contribution in [-0.4, -0.2) is 24.3 Å². The first kappa shape index (κ1) is 11.5. The number of rotatable bonds is 3. The van der Waals surface area contributed by atoms with E-state index in [9.17, 15) is 4.79 Å². The van der Waals surface area contributed by atoms with Crippen LogP contribution in [0.4, 0.5) is 0 Å². The highest BCUT2D eigenvalue weighted by molar-refractivity contribution is 5.70. The number of hydrogen-bond donors (Lipinski definition) is 0. The zero-order valence-electron chi connectivity index (χ0n) is 9.34. The number of esters is 1. The summed E-state index contributed by atoms with van der Waals surface area (Å²) in [5, 5.41) is 0. The Hall–Kier alpha value is -0.570. The first-order valence-electron chi connectivity index (χ1n) is 5.31. The highest BCUT2D eigenvalue weighted by atomic mass is 16.6. The summed E-state index contributed by atoms with van der Waals surface area (Å²) in [6, 6.07) is 0. The van der Waals surface area contributed by atoms with Crippen molar-refractivity contribution in [3.8, 4) is 0 Å². The molecule has 0 aromatic carbocycles. The molecule has 3 nitrogen and oxygen atoms in total. The predicted octanol–water partition coefficient (Wildman–Crippen LogP) is 2.29. The summed E-state index contributed by atoms with van der Waals surface area (Å²) in [6.07, 6.45) is 4.53. The number of hydrogen-bond acceptors (Lipinski definition) is 3. The molecule has 1 fully saturated rings.